The average Bonchev–Trinajstić information content (AvgIpc) is 2.79. The smallest absolute Gasteiger partial charge is 0.230 e. The Morgan fingerprint density at radius 3 is 2.57 bits per heavy atom. The summed E-state index contributed by atoms with van der Waals surface area (Å²) in [5, 5.41) is 4.85. The molecular weight excluding hydrogens is 400 g/mol. The number of benzene rings is 2. The normalized spacial score (nSPS) is 12.6. The monoisotopic (exact) mass is 424 g/mol. The van der Waals surface area contributed by atoms with E-state index >= 15 is 0 Å². The highest BCUT2D eigenvalue weighted by molar-refractivity contribution is 7.99. The number of nitrogens with zero attached hydrogens (tertiary/aromatic N) is 1. The lowest BCUT2D eigenvalue weighted by Crippen LogP contribution is -2.24. The van der Waals surface area contributed by atoms with Crippen LogP contribution in [0.3, 0.4) is 0 Å². The standard InChI is InChI=1S/C23H24N2O4S/c1-3-16-10-17-11-20-21(29-9-8-28-20)12-19(17)25-23(16)30-14-22(26)24-13-15-4-6-18(27-2)7-5-15/h4-7,10-12H,3,8-9,13-14H2,1-2H3,(H,24,26). The van der Waals surface area contributed by atoms with Crippen LogP contribution in [-0.2, 0) is 17.8 Å². The van der Waals surface area contributed by atoms with Crippen molar-refractivity contribution in [1.82, 2.24) is 10.3 Å². The van der Waals surface area contributed by atoms with Crippen LogP contribution < -0.4 is 19.5 Å². The van der Waals surface area contributed by atoms with E-state index < -0.39 is 0 Å². The van der Waals surface area contributed by atoms with Gasteiger partial charge in [0.05, 0.1) is 18.4 Å². The van der Waals surface area contributed by atoms with E-state index in [0.29, 0.717) is 25.5 Å². The SMILES string of the molecule is CCc1cc2cc3c(cc2nc1SCC(=O)NCc1ccc(OC)cc1)OCCO3. The number of pyridine rings is 1. The second kappa shape index (κ2) is 9.26. The van der Waals surface area contributed by atoms with Crippen molar-refractivity contribution in [2.45, 2.75) is 24.9 Å². The van der Waals surface area contributed by atoms with Crippen molar-refractivity contribution in [2.75, 3.05) is 26.1 Å². The Hall–Kier alpha value is -2.93. The second-order valence-corrected chi connectivity index (χ2v) is 7.87. The van der Waals surface area contributed by atoms with Crippen LogP contribution in [-0.4, -0.2) is 37.0 Å². The fourth-order valence-electron chi connectivity index (χ4n) is 3.24. The first-order valence-electron chi connectivity index (χ1n) is 9.92. The van der Waals surface area contributed by atoms with Crippen LogP contribution in [0.2, 0.25) is 0 Å². The van der Waals surface area contributed by atoms with Crippen molar-refractivity contribution in [1.29, 1.82) is 0 Å². The molecule has 0 radical (unpaired) electrons. The molecule has 2 heterocycles. The van der Waals surface area contributed by atoms with Crippen LogP contribution in [0.15, 0.2) is 47.5 Å². The highest BCUT2D eigenvalue weighted by Gasteiger charge is 2.15. The number of methoxy groups -OCH3 is 1. The Kier molecular flexibility index (Phi) is 6.28. The van der Waals surface area contributed by atoms with Gasteiger partial charge in [-0.1, -0.05) is 30.8 Å². The first-order chi connectivity index (χ1) is 14.7. The number of nitrogens with one attached hydrogen (secondary N) is 1. The quantitative estimate of drug-likeness (QED) is 0.579. The summed E-state index contributed by atoms with van der Waals surface area (Å²) in [6.07, 6.45) is 0.840. The number of rotatable bonds is 7. The molecule has 0 spiro atoms. The third-order valence-corrected chi connectivity index (χ3v) is 5.92. The molecule has 30 heavy (non-hydrogen) atoms. The number of aryl methyl sites for hydroxylation is 1. The molecule has 156 valence electrons. The lowest BCUT2D eigenvalue weighted by atomic mass is 10.1. The van der Waals surface area contributed by atoms with E-state index in [0.717, 1.165) is 50.7 Å². The second-order valence-electron chi connectivity index (χ2n) is 6.91. The molecule has 6 nitrogen and oxygen atoms in total. The fraction of sp³-hybridized carbons (Fsp3) is 0.304. The molecule has 0 atom stereocenters. The number of ether oxygens (including phenoxy) is 3. The van der Waals surface area contributed by atoms with Crippen LogP contribution in [0.25, 0.3) is 10.9 Å². The van der Waals surface area contributed by atoms with E-state index in [-0.39, 0.29) is 5.91 Å². The van der Waals surface area contributed by atoms with Gasteiger partial charge in [0.2, 0.25) is 5.91 Å². The van der Waals surface area contributed by atoms with Crippen LogP contribution in [0.1, 0.15) is 18.1 Å². The van der Waals surface area contributed by atoms with Gasteiger partial charge in [0.25, 0.3) is 0 Å². The van der Waals surface area contributed by atoms with E-state index in [4.69, 9.17) is 19.2 Å². The van der Waals surface area contributed by atoms with Gasteiger partial charge >= 0.3 is 0 Å². The summed E-state index contributed by atoms with van der Waals surface area (Å²) in [6, 6.07) is 13.7. The summed E-state index contributed by atoms with van der Waals surface area (Å²) in [7, 11) is 1.63. The molecule has 1 aromatic heterocycles. The van der Waals surface area contributed by atoms with Gasteiger partial charge in [0.15, 0.2) is 11.5 Å². The molecule has 0 saturated carbocycles. The van der Waals surface area contributed by atoms with E-state index in [9.17, 15) is 4.79 Å². The zero-order chi connectivity index (χ0) is 20.9. The third kappa shape index (κ3) is 4.62. The zero-order valence-corrected chi connectivity index (χ0v) is 17.9. The molecule has 2 aromatic carbocycles. The molecule has 0 fully saturated rings. The van der Waals surface area contributed by atoms with Gasteiger partial charge in [-0.15, -0.1) is 0 Å². The van der Waals surface area contributed by atoms with Gasteiger partial charge in [0.1, 0.15) is 24.0 Å². The average molecular weight is 425 g/mol. The highest BCUT2D eigenvalue weighted by atomic mass is 32.2. The van der Waals surface area contributed by atoms with Crippen molar-refractivity contribution in [3.8, 4) is 17.2 Å². The molecule has 0 unspecified atom stereocenters. The van der Waals surface area contributed by atoms with Gasteiger partial charge in [0, 0.05) is 18.0 Å². The fourth-order valence-corrected chi connectivity index (χ4v) is 4.17. The number of carbonyl (C=O) groups excluding carboxylic acids is 1. The predicted molar refractivity (Wildman–Crippen MR) is 118 cm³/mol. The van der Waals surface area contributed by atoms with Gasteiger partial charge in [-0.05, 0) is 41.8 Å². The first-order valence-corrected chi connectivity index (χ1v) is 10.9. The zero-order valence-electron chi connectivity index (χ0n) is 17.1. The maximum absolute atomic E-state index is 12.3. The van der Waals surface area contributed by atoms with Gasteiger partial charge in [-0.3, -0.25) is 4.79 Å². The van der Waals surface area contributed by atoms with Crippen molar-refractivity contribution >= 4 is 28.6 Å². The van der Waals surface area contributed by atoms with Gasteiger partial charge < -0.3 is 19.5 Å². The summed E-state index contributed by atoms with van der Waals surface area (Å²) in [6.45, 7) is 3.68. The number of aromatic nitrogens is 1. The van der Waals surface area contributed by atoms with Crippen LogP contribution in [0.5, 0.6) is 17.2 Å². The van der Waals surface area contributed by atoms with Crippen LogP contribution >= 0.6 is 11.8 Å². The maximum atomic E-state index is 12.3. The van der Waals surface area contributed by atoms with Crippen molar-refractivity contribution in [2.24, 2.45) is 0 Å². The van der Waals surface area contributed by atoms with Crippen LogP contribution in [0, 0.1) is 0 Å². The largest absolute Gasteiger partial charge is 0.497 e. The summed E-state index contributed by atoms with van der Waals surface area (Å²) in [5.41, 5.74) is 2.99. The number of hydrogen-bond acceptors (Lipinski definition) is 6. The first kappa shape index (κ1) is 20.3. The third-order valence-electron chi connectivity index (χ3n) is 4.89. The minimum absolute atomic E-state index is 0.0260. The van der Waals surface area contributed by atoms with Crippen molar-refractivity contribution in [3.63, 3.8) is 0 Å². The lowest BCUT2D eigenvalue weighted by molar-refractivity contribution is -0.118. The molecule has 7 heteroatoms. The summed E-state index contributed by atoms with van der Waals surface area (Å²) >= 11 is 1.46. The molecule has 3 aromatic rings. The minimum atomic E-state index is -0.0260. The number of thioether (sulfide) groups is 1. The van der Waals surface area contributed by atoms with E-state index in [1.807, 2.05) is 36.4 Å². The van der Waals surface area contributed by atoms with E-state index in [1.54, 1.807) is 7.11 Å². The summed E-state index contributed by atoms with van der Waals surface area (Å²) < 4.78 is 16.5. The summed E-state index contributed by atoms with van der Waals surface area (Å²) in [5.74, 6) is 2.57. The van der Waals surface area contributed by atoms with Gasteiger partial charge in [-0.25, -0.2) is 4.98 Å². The molecule has 1 amide bonds. The molecule has 4 rings (SSSR count). The maximum Gasteiger partial charge on any atom is 0.230 e. The van der Waals surface area contributed by atoms with Crippen molar-refractivity contribution < 1.29 is 19.0 Å². The Labute approximate surface area is 179 Å². The lowest BCUT2D eigenvalue weighted by Gasteiger charge is -2.19. The number of fused-ring (bicyclic) bond motifs is 2. The Morgan fingerprint density at radius 1 is 1.13 bits per heavy atom. The predicted octanol–water partition coefficient (Wildman–Crippen LogP) is 3.99. The summed E-state index contributed by atoms with van der Waals surface area (Å²) in [4.78, 5) is 17.1. The Bertz CT molecular complexity index is 1050. The molecule has 0 bridgehead atoms. The molecular formula is C23H24N2O4S. The molecule has 0 aliphatic carbocycles. The number of amides is 1. The topological polar surface area (TPSA) is 69.7 Å². The van der Waals surface area contributed by atoms with E-state index in [2.05, 4.69) is 18.3 Å². The Morgan fingerprint density at radius 2 is 1.87 bits per heavy atom. The molecule has 1 N–H and O–H groups in total. The van der Waals surface area contributed by atoms with Crippen LogP contribution in [0.4, 0.5) is 0 Å². The van der Waals surface area contributed by atoms with Gasteiger partial charge in [-0.2, -0.15) is 0 Å². The molecule has 1 aliphatic rings. The number of hydrogen-bond donors (Lipinski definition) is 1. The molecule has 0 saturated heterocycles. The van der Waals surface area contributed by atoms with Crippen molar-refractivity contribution in [3.05, 3.63) is 53.6 Å². The Balaban J connectivity index is 1.42. The minimum Gasteiger partial charge on any atom is -0.497 e. The van der Waals surface area contributed by atoms with E-state index in [1.165, 1.54) is 11.8 Å². The number of carbonyl (C=O) groups is 1. The molecule has 1 aliphatic heterocycles. The highest BCUT2D eigenvalue weighted by Crippen LogP contribution is 2.35.